The Balaban J connectivity index is 1.62. The first-order valence-electron chi connectivity index (χ1n) is 9.47. The molecular weight excluding hydrogens is 375 g/mol. The second kappa shape index (κ2) is 6.63. The lowest BCUT2D eigenvalue weighted by atomic mass is 9.88. The van der Waals surface area contributed by atoms with E-state index >= 15 is 4.39 Å². The summed E-state index contributed by atoms with van der Waals surface area (Å²) in [6.45, 7) is 2.00. The van der Waals surface area contributed by atoms with Gasteiger partial charge in [0.25, 0.3) is 5.91 Å². The predicted octanol–water partition coefficient (Wildman–Crippen LogP) is 1.93. The van der Waals surface area contributed by atoms with Crippen LogP contribution in [-0.2, 0) is 25.9 Å². The van der Waals surface area contributed by atoms with E-state index < -0.39 is 5.82 Å². The lowest BCUT2D eigenvalue weighted by molar-refractivity contribution is 0.0945. The molecule has 1 amide bonds. The first-order chi connectivity index (χ1) is 14.1. The van der Waals surface area contributed by atoms with Crippen molar-refractivity contribution in [3.05, 3.63) is 51.9 Å². The van der Waals surface area contributed by atoms with E-state index in [0.717, 1.165) is 16.8 Å². The molecule has 0 radical (unpaired) electrons. The summed E-state index contributed by atoms with van der Waals surface area (Å²) >= 11 is 0. The van der Waals surface area contributed by atoms with Crippen LogP contribution < -0.4 is 10.6 Å². The van der Waals surface area contributed by atoms with Crippen LogP contribution in [-0.4, -0.2) is 37.7 Å². The third-order valence-electron chi connectivity index (χ3n) is 5.46. The maximum atomic E-state index is 15.6. The number of carbonyl (C=O) groups excluding carboxylic acids is 1. The molecular formula is C20H19FN6O2. The van der Waals surface area contributed by atoms with Crippen molar-refractivity contribution in [2.45, 2.75) is 32.8 Å². The van der Waals surface area contributed by atoms with Crippen LogP contribution in [0.3, 0.4) is 0 Å². The molecule has 29 heavy (non-hydrogen) atoms. The minimum atomic E-state index is -0.499. The molecule has 0 saturated heterocycles. The van der Waals surface area contributed by atoms with Gasteiger partial charge in [0.2, 0.25) is 0 Å². The van der Waals surface area contributed by atoms with E-state index in [-0.39, 0.29) is 18.3 Å². The quantitative estimate of drug-likeness (QED) is 0.540. The average molecular weight is 394 g/mol. The van der Waals surface area contributed by atoms with E-state index in [1.807, 2.05) is 0 Å². The Hall–Kier alpha value is -3.33. The van der Waals surface area contributed by atoms with E-state index in [2.05, 4.69) is 30.8 Å². The van der Waals surface area contributed by atoms with Gasteiger partial charge < -0.3 is 20.7 Å². The third kappa shape index (κ3) is 2.77. The van der Waals surface area contributed by atoms with Crippen LogP contribution in [0, 0.1) is 12.7 Å². The highest BCUT2D eigenvalue weighted by molar-refractivity contribution is 6.00. The maximum absolute atomic E-state index is 15.6. The van der Waals surface area contributed by atoms with Crippen LogP contribution in [0.2, 0.25) is 0 Å². The summed E-state index contributed by atoms with van der Waals surface area (Å²) in [5.74, 6) is -0.567. The van der Waals surface area contributed by atoms with E-state index in [1.54, 1.807) is 19.2 Å². The number of aromatic amines is 1. The molecule has 5 rings (SSSR count). The standard InChI is InChI=1S/C20H19FN6O2/c1-9-6-13(14(8-28)27-26-9)25-19-17(21)15-10(7-23-19)2-3-11-16-12(24-18(11)15)4-5-22-20(16)29/h6-7,24,28H,2-5,8H2,1H3,(H,22,29)(H,23,25,26). The van der Waals surface area contributed by atoms with Gasteiger partial charge >= 0.3 is 0 Å². The molecule has 3 aromatic rings. The number of aliphatic hydroxyl groups is 1. The van der Waals surface area contributed by atoms with E-state index in [1.165, 1.54) is 0 Å². The highest BCUT2D eigenvalue weighted by atomic mass is 19.1. The summed E-state index contributed by atoms with van der Waals surface area (Å²) in [4.78, 5) is 19.9. The molecule has 2 aliphatic rings. The van der Waals surface area contributed by atoms with Crippen LogP contribution in [0.15, 0.2) is 12.3 Å². The number of H-pyrrole nitrogens is 1. The van der Waals surface area contributed by atoms with E-state index in [4.69, 9.17) is 0 Å². The normalized spacial score (nSPS) is 14.7. The van der Waals surface area contributed by atoms with E-state index in [0.29, 0.717) is 59.7 Å². The number of hydrogen-bond donors (Lipinski definition) is 4. The van der Waals surface area contributed by atoms with Gasteiger partial charge in [-0.15, -0.1) is 0 Å². The molecule has 3 aromatic heterocycles. The van der Waals surface area contributed by atoms with Gasteiger partial charge in [-0.25, -0.2) is 9.37 Å². The topological polar surface area (TPSA) is 116 Å². The summed E-state index contributed by atoms with van der Waals surface area (Å²) < 4.78 is 15.6. The number of rotatable bonds is 3. The fourth-order valence-electron chi connectivity index (χ4n) is 4.11. The number of aryl methyl sites for hydroxylation is 2. The lowest BCUT2D eigenvalue weighted by Crippen LogP contribution is -2.32. The summed E-state index contributed by atoms with van der Waals surface area (Å²) in [5.41, 5.74) is 5.65. The monoisotopic (exact) mass is 394 g/mol. The number of halogens is 1. The number of anilines is 2. The molecule has 4 N–H and O–H groups in total. The van der Waals surface area contributed by atoms with Crippen molar-refractivity contribution in [3.8, 4) is 11.3 Å². The Morgan fingerprint density at radius 2 is 2.10 bits per heavy atom. The van der Waals surface area contributed by atoms with Gasteiger partial charge in [0.05, 0.1) is 29.2 Å². The van der Waals surface area contributed by atoms with Gasteiger partial charge in [-0.2, -0.15) is 10.2 Å². The fourth-order valence-corrected chi connectivity index (χ4v) is 4.11. The average Bonchev–Trinajstić information content (AvgIpc) is 3.10. The van der Waals surface area contributed by atoms with Crippen LogP contribution in [0.5, 0.6) is 0 Å². The first kappa shape index (κ1) is 17.7. The van der Waals surface area contributed by atoms with Crippen molar-refractivity contribution in [2.75, 3.05) is 11.9 Å². The van der Waals surface area contributed by atoms with Gasteiger partial charge in [0.15, 0.2) is 11.6 Å². The number of hydrogen-bond acceptors (Lipinski definition) is 6. The molecule has 0 unspecified atom stereocenters. The SMILES string of the molecule is Cc1cc(Nc2ncc3c(c2F)-c2[nH]c4c(c2CC3)C(=O)NCC4)c(CO)nn1. The number of aliphatic hydroxyl groups excluding tert-OH is 1. The van der Waals surface area contributed by atoms with Crippen molar-refractivity contribution < 1.29 is 14.3 Å². The fraction of sp³-hybridized carbons (Fsp3) is 0.300. The van der Waals surface area contributed by atoms with E-state index in [9.17, 15) is 9.90 Å². The second-order valence-electron chi connectivity index (χ2n) is 7.29. The van der Waals surface area contributed by atoms with Gasteiger partial charge in [0, 0.05) is 30.4 Å². The highest BCUT2D eigenvalue weighted by Gasteiger charge is 2.32. The van der Waals surface area contributed by atoms with Crippen LogP contribution >= 0.6 is 0 Å². The molecule has 0 fully saturated rings. The van der Waals surface area contributed by atoms with Gasteiger partial charge in [-0.3, -0.25) is 4.79 Å². The van der Waals surface area contributed by atoms with Gasteiger partial charge in [-0.05, 0) is 37.0 Å². The summed E-state index contributed by atoms with van der Waals surface area (Å²) in [5, 5.41) is 23.1. The summed E-state index contributed by atoms with van der Waals surface area (Å²) in [6.07, 6.45) is 3.63. The molecule has 0 spiro atoms. The van der Waals surface area contributed by atoms with Crippen LogP contribution in [0.25, 0.3) is 11.3 Å². The second-order valence-corrected chi connectivity index (χ2v) is 7.29. The molecule has 8 nitrogen and oxygen atoms in total. The minimum Gasteiger partial charge on any atom is -0.390 e. The number of nitrogens with zero attached hydrogens (tertiary/aromatic N) is 3. The van der Waals surface area contributed by atoms with Crippen molar-refractivity contribution in [2.24, 2.45) is 0 Å². The number of pyridine rings is 1. The molecule has 0 atom stereocenters. The predicted molar refractivity (Wildman–Crippen MR) is 103 cm³/mol. The Morgan fingerprint density at radius 1 is 1.24 bits per heavy atom. The molecule has 0 aromatic carbocycles. The number of aromatic nitrogens is 4. The van der Waals surface area contributed by atoms with Gasteiger partial charge in [-0.1, -0.05) is 0 Å². The van der Waals surface area contributed by atoms with Crippen LogP contribution in [0.1, 0.15) is 38.6 Å². The third-order valence-corrected chi connectivity index (χ3v) is 5.46. The largest absolute Gasteiger partial charge is 0.390 e. The van der Waals surface area contributed by atoms with Crippen molar-refractivity contribution >= 4 is 17.4 Å². The number of amides is 1. The molecule has 4 heterocycles. The van der Waals surface area contributed by atoms with Crippen molar-refractivity contribution in [1.82, 2.24) is 25.5 Å². The zero-order valence-electron chi connectivity index (χ0n) is 15.8. The minimum absolute atomic E-state index is 0.0377. The first-order valence-corrected chi connectivity index (χ1v) is 9.47. The molecule has 0 saturated carbocycles. The maximum Gasteiger partial charge on any atom is 0.253 e. The smallest absolute Gasteiger partial charge is 0.253 e. The zero-order chi connectivity index (χ0) is 20.1. The van der Waals surface area contributed by atoms with Gasteiger partial charge in [0.1, 0.15) is 5.69 Å². The zero-order valence-corrected chi connectivity index (χ0v) is 15.8. The Kier molecular flexibility index (Phi) is 4.06. The number of nitrogens with one attached hydrogen (secondary N) is 3. The molecule has 1 aliphatic heterocycles. The molecule has 148 valence electrons. The molecule has 9 heteroatoms. The van der Waals surface area contributed by atoms with Crippen molar-refractivity contribution in [1.29, 1.82) is 0 Å². The molecule has 0 bridgehead atoms. The summed E-state index contributed by atoms with van der Waals surface area (Å²) in [7, 11) is 0. The number of carbonyl (C=O) groups is 1. The molecule has 1 aliphatic carbocycles. The highest BCUT2D eigenvalue weighted by Crippen LogP contribution is 2.40. The summed E-state index contributed by atoms with van der Waals surface area (Å²) in [6, 6.07) is 1.68. The Bertz CT molecular complexity index is 1160. The Morgan fingerprint density at radius 3 is 2.93 bits per heavy atom. The Labute approximate surface area is 165 Å². The van der Waals surface area contributed by atoms with Crippen molar-refractivity contribution in [3.63, 3.8) is 0 Å². The lowest BCUT2D eigenvalue weighted by Gasteiger charge is -2.20. The van der Waals surface area contributed by atoms with Crippen LogP contribution in [0.4, 0.5) is 15.9 Å². The number of fused-ring (bicyclic) bond motifs is 5.